The van der Waals surface area contributed by atoms with Gasteiger partial charge in [0.15, 0.2) is 0 Å². The minimum Gasteiger partial charge on any atom is -0.371 e. The van der Waals surface area contributed by atoms with Gasteiger partial charge in [0.2, 0.25) is 0 Å². The first kappa shape index (κ1) is 12.5. The van der Waals surface area contributed by atoms with Gasteiger partial charge in [0, 0.05) is 29.8 Å². The summed E-state index contributed by atoms with van der Waals surface area (Å²) in [4.78, 5) is 2.59. The lowest BCUT2D eigenvalue weighted by Gasteiger charge is -2.27. The fourth-order valence-electron chi connectivity index (χ4n) is 2.50. The highest BCUT2D eigenvalue weighted by atomic mass is 79.9. The van der Waals surface area contributed by atoms with Gasteiger partial charge in [0.25, 0.3) is 0 Å². The molecule has 0 atom stereocenters. The first-order valence-electron chi connectivity index (χ1n) is 6.99. The van der Waals surface area contributed by atoms with Gasteiger partial charge in [-0.05, 0) is 55.2 Å². The van der Waals surface area contributed by atoms with Crippen LogP contribution in [-0.2, 0) is 6.54 Å². The molecule has 2 aliphatic carbocycles. The van der Waals surface area contributed by atoms with E-state index < -0.39 is 0 Å². The van der Waals surface area contributed by atoms with Crippen molar-refractivity contribution in [1.82, 2.24) is 0 Å². The molecule has 1 aromatic rings. The lowest BCUT2D eigenvalue weighted by molar-refractivity contribution is 0.676. The van der Waals surface area contributed by atoms with Crippen LogP contribution in [0.4, 0.5) is 5.69 Å². The maximum absolute atomic E-state index is 5.89. The van der Waals surface area contributed by atoms with E-state index in [1.807, 2.05) is 0 Å². The lowest BCUT2D eigenvalue weighted by Crippen LogP contribution is -2.29. The van der Waals surface area contributed by atoms with Gasteiger partial charge >= 0.3 is 0 Å². The Balaban J connectivity index is 1.83. The minimum atomic E-state index is 0.633. The van der Waals surface area contributed by atoms with Crippen LogP contribution in [-0.4, -0.2) is 13.1 Å². The summed E-state index contributed by atoms with van der Waals surface area (Å²) in [5, 5.41) is 0. The van der Waals surface area contributed by atoms with Crippen LogP contribution in [0.2, 0.25) is 0 Å². The van der Waals surface area contributed by atoms with Crippen molar-refractivity contribution in [3.63, 3.8) is 0 Å². The molecule has 0 saturated heterocycles. The maximum Gasteiger partial charge on any atom is 0.0423 e. The van der Waals surface area contributed by atoms with Crippen molar-refractivity contribution in [2.45, 2.75) is 32.2 Å². The third-order valence-corrected chi connectivity index (χ3v) is 4.45. The second-order valence-corrected chi connectivity index (χ2v) is 6.68. The Kier molecular flexibility index (Phi) is 3.62. The van der Waals surface area contributed by atoms with Crippen molar-refractivity contribution in [2.75, 3.05) is 18.0 Å². The summed E-state index contributed by atoms with van der Waals surface area (Å²) in [6.07, 6.45) is 5.64. The molecule has 2 saturated carbocycles. The quantitative estimate of drug-likeness (QED) is 0.871. The molecule has 1 aromatic carbocycles. The summed E-state index contributed by atoms with van der Waals surface area (Å²) in [5.41, 5.74) is 8.52. The predicted octanol–water partition coefficient (Wildman–Crippen LogP) is 3.53. The monoisotopic (exact) mass is 308 g/mol. The highest BCUT2D eigenvalue weighted by Crippen LogP contribution is 2.37. The van der Waals surface area contributed by atoms with Gasteiger partial charge in [-0.1, -0.05) is 22.0 Å². The maximum atomic E-state index is 5.89. The molecule has 0 spiro atoms. The van der Waals surface area contributed by atoms with E-state index in [0.29, 0.717) is 6.54 Å². The van der Waals surface area contributed by atoms with Gasteiger partial charge in [-0.25, -0.2) is 0 Å². The standard InChI is InChI=1S/C15H21BrN2/c16-14-6-5-13(8-17)15(7-14)18(9-11-1-2-11)10-12-3-4-12/h5-7,11-12H,1-4,8-10,17H2. The highest BCUT2D eigenvalue weighted by Gasteiger charge is 2.30. The third-order valence-electron chi connectivity index (χ3n) is 3.96. The van der Waals surface area contributed by atoms with E-state index in [1.54, 1.807) is 0 Å². The van der Waals surface area contributed by atoms with E-state index in [1.165, 1.54) is 50.0 Å². The van der Waals surface area contributed by atoms with Crippen LogP contribution in [0.25, 0.3) is 0 Å². The topological polar surface area (TPSA) is 29.3 Å². The number of benzene rings is 1. The minimum absolute atomic E-state index is 0.633. The Bertz CT molecular complexity index is 411. The molecule has 2 aliphatic rings. The summed E-state index contributed by atoms with van der Waals surface area (Å²) in [6.45, 7) is 3.08. The normalized spacial score (nSPS) is 19.0. The Morgan fingerprint density at radius 1 is 1.11 bits per heavy atom. The van der Waals surface area contributed by atoms with E-state index in [-0.39, 0.29) is 0 Å². The summed E-state index contributed by atoms with van der Waals surface area (Å²) >= 11 is 3.59. The number of nitrogens with zero attached hydrogens (tertiary/aromatic N) is 1. The van der Waals surface area contributed by atoms with Gasteiger partial charge in [0.1, 0.15) is 0 Å². The van der Waals surface area contributed by atoms with Gasteiger partial charge < -0.3 is 10.6 Å². The number of anilines is 1. The summed E-state index contributed by atoms with van der Waals surface area (Å²) in [6, 6.07) is 6.50. The SMILES string of the molecule is NCc1ccc(Br)cc1N(CC1CC1)CC1CC1. The second-order valence-electron chi connectivity index (χ2n) is 5.77. The second kappa shape index (κ2) is 5.22. The average molecular weight is 309 g/mol. The van der Waals surface area contributed by atoms with Crippen molar-refractivity contribution < 1.29 is 0 Å². The van der Waals surface area contributed by atoms with Crippen molar-refractivity contribution >= 4 is 21.6 Å². The summed E-state index contributed by atoms with van der Waals surface area (Å²) < 4.78 is 1.16. The van der Waals surface area contributed by atoms with Crippen molar-refractivity contribution in [3.05, 3.63) is 28.2 Å². The predicted molar refractivity (Wildman–Crippen MR) is 79.7 cm³/mol. The van der Waals surface area contributed by atoms with Crippen LogP contribution in [0, 0.1) is 11.8 Å². The molecule has 3 rings (SSSR count). The zero-order chi connectivity index (χ0) is 12.5. The molecular formula is C15H21BrN2. The molecule has 0 amide bonds. The molecular weight excluding hydrogens is 288 g/mol. The van der Waals surface area contributed by atoms with Gasteiger partial charge in [0.05, 0.1) is 0 Å². The molecule has 2 fully saturated rings. The fourth-order valence-corrected chi connectivity index (χ4v) is 2.85. The van der Waals surface area contributed by atoms with Gasteiger partial charge in [-0.15, -0.1) is 0 Å². The first-order valence-corrected chi connectivity index (χ1v) is 7.79. The van der Waals surface area contributed by atoms with Gasteiger partial charge in [-0.3, -0.25) is 0 Å². The molecule has 0 aromatic heterocycles. The van der Waals surface area contributed by atoms with E-state index in [2.05, 4.69) is 39.0 Å². The molecule has 18 heavy (non-hydrogen) atoms. The van der Waals surface area contributed by atoms with E-state index in [0.717, 1.165) is 16.3 Å². The van der Waals surface area contributed by atoms with Crippen molar-refractivity contribution in [3.8, 4) is 0 Å². The molecule has 0 aliphatic heterocycles. The average Bonchev–Trinajstić information content (AvgIpc) is 3.23. The van der Waals surface area contributed by atoms with Crippen LogP contribution in [0.1, 0.15) is 31.2 Å². The Morgan fingerprint density at radius 2 is 1.72 bits per heavy atom. The smallest absolute Gasteiger partial charge is 0.0423 e. The van der Waals surface area contributed by atoms with Crippen LogP contribution >= 0.6 is 15.9 Å². The Morgan fingerprint density at radius 3 is 2.22 bits per heavy atom. The first-order chi connectivity index (χ1) is 8.76. The molecule has 0 heterocycles. The fraction of sp³-hybridized carbons (Fsp3) is 0.600. The number of halogens is 1. The van der Waals surface area contributed by atoms with Crippen LogP contribution in [0.5, 0.6) is 0 Å². The highest BCUT2D eigenvalue weighted by molar-refractivity contribution is 9.10. The summed E-state index contributed by atoms with van der Waals surface area (Å²) in [7, 11) is 0. The molecule has 2 nitrogen and oxygen atoms in total. The molecule has 3 heteroatoms. The molecule has 2 N–H and O–H groups in total. The van der Waals surface area contributed by atoms with Gasteiger partial charge in [-0.2, -0.15) is 0 Å². The van der Waals surface area contributed by atoms with Crippen molar-refractivity contribution in [1.29, 1.82) is 0 Å². The zero-order valence-electron chi connectivity index (χ0n) is 10.7. The number of nitrogens with two attached hydrogens (primary N) is 1. The number of hydrogen-bond acceptors (Lipinski definition) is 2. The van der Waals surface area contributed by atoms with Crippen LogP contribution < -0.4 is 10.6 Å². The molecule has 0 radical (unpaired) electrons. The number of hydrogen-bond donors (Lipinski definition) is 1. The molecule has 0 bridgehead atoms. The molecule has 0 unspecified atom stereocenters. The third kappa shape index (κ3) is 3.07. The Hall–Kier alpha value is -0.540. The van der Waals surface area contributed by atoms with Crippen LogP contribution in [0.3, 0.4) is 0 Å². The van der Waals surface area contributed by atoms with E-state index >= 15 is 0 Å². The van der Waals surface area contributed by atoms with E-state index in [9.17, 15) is 0 Å². The van der Waals surface area contributed by atoms with E-state index in [4.69, 9.17) is 5.73 Å². The Labute approximate surface area is 118 Å². The number of rotatable bonds is 6. The molecule has 98 valence electrons. The van der Waals surface area contributed by atoms with Crippen molar-refractivity contribution in [2.24, 2.45) is 17.6 Å². The largest absolute Gasteiger partial charge is 0.371 e. The summed E-state index contributed by atoms with van der Waals surface area (Å²) in [5.74, 6) is 1.85. The lowest BCUT2D eigenvalue weighted by atomic mass is 10.1. The van der Waals surface area contributed by atoms with Crippen LogP contribution in [0.15, 0.2) is 22.7 Å². The zero-order valence-corrected chi connectivity index (χ0v) is 12.3.